The van der Waals surface area contributed by atoms with Gasteiger partial charge in [-0.2, -0.15) is 0 Å². The van der Waals surface area contributed by atoms with Crippen LogP contribution in [0.5, 0.6) is 0 Å². The monoisotopic (exact) mass is 693 g/mol. The number of nitrogens with zero attached hydrogens (tertiary/aromatic N) is 1. The van der Waals surface area contributed by atoms with E-state index < -0.39 is 0 Å². The Morgan fingerprint density at radius 2 is 1.12 bits per heavy atom. The van der Waals surface area contributed by atoms with E-state index in [1.165, 1.54) is 89.4 Å². The fourth-order valence-electron chi connectivity index (χ4n) is 7.27. The Kier molecular flexibility index (Phi) is 7.27. The molecule has 6 aromatic carbocycles. The minimum absolute atomic E-state index is 0.977. The molecule has 0 atom stereocenters. The first-order chi connectivity index (χ1) is 24.7. The topological polar surface area (TPSA) is 3.24 Å². The van der Waals surface area contributed by atoms with Gasteiger partial charge >= 0.3 is 0 Å². The van der Waals surface area contributed by atoms with Gasteiger partial charge in [0, 0.05) is 56.4 Å². The first-order valence-electron chi connectivity index (χ1n) is 17.0. The van der Waals surface area contributed by atoms with Crippen molar-refractivity contribution in [1.82, 2.24) is 0 Å². The molecule has 0 saturated carbocycles. The van der Waals surface area contributed by atoms with E-state index in [1.54, 1.807) is 0 Å². The lowest BCUT2D eigenvalue weighted by molar-refractivity contribution is 0.922. The van der Waals surface area contributed by atoms with Crippen LogP contribution in [0.15, 0.2) is 170 Å². The number of thiophene rings is 3. The van der Waals surface area contributed by atoms with Crippen molar-refractivity contribution in [2.24, 2.45) is 0 Å². The second-order valence-corrected chi connectivity index (χ2v) is 16.1. The van der Waals surface area contributed by atoms with Gasteiger partial charge in [-0.15, -0.1) is 34.0 Å². The van der Waals surface area contributed by atoms with Crippen molar-refractivity contribution >= 4 is 91.3 Å². The Morgan fingerprint density at radius 1 is 0.440 bits per heavy atom. The van der Waals surface area contributed by atoms with Gasteiger partial charge in [-0.05, 0) is 119 Å². The molecule has 9 aromatic rings. The van der Waals surface area contributed by atoms with Gasteiger partial charge in [0.15, 0.2) is 0 Å². The molecule has 0 saturated heterocycles. The third-order valence-corrected chi connectivity index (χ3v) is 13.2. The van der Waals surface area contributed by atoms with Crippen molar-refractivity contribution in [2.45, 2.75) is 12.8 Å². The lowest BCUT2D eigenvalue weighted by atomic mass is 9.99. The Balaban J connectivity index is 1.07. The molecule has 0 spiro atoms. The van der Waals surface area contributed by atoms with E-state index in [9.17, 15) is 0 Å². The lowest BCUT2D eigenvalue weighted by Crippen LogP contribution is -2.18. The van der Waals surface area contributed by atoms with Crippen molar-refractivity contribution < 1.29 is 0 Å². The average Bonchev–Trinajstić information content (AvgIpc) is 3.91. The zero-order valence-electron chi connectivity index (χ0n) is 27.2. The van der Waals surface area contributed by atoms with E-state index in [0.717, 1.165) is 12.8 Å². The molecule has 0 N–H and O–H groups in total. The highest BCUT2D eigenvalue weighted by atomic mass is 32.1. The molecule has 1 nitrogen and oxygen atoms in total. The summed E-state index contributed by atoms with van der Waals surface area (Å²) in [7, 11) is 0. The number of anilines is 2. The number of rotatable bonds is 6. The van der Waals surface area contributed by atoms with Crippen molar-refractivity contribution in [2.75, 3.05) is 4.90 Å². The zero-order valence-corrected chi connectivity index (χ0v) is 29.6. The van der Waals surface area contributed by atoms with Crippen LogP contribution >= 0.6 is 34.0 Å². The summed E-state index contributed by atoms with van der Waals surface area (Å²) in [5.74, 6) is 0. The van der Waals surface area contributed by atoms with Crippen LogP contribution in [-0.4, -0.2) is 0 Å². The molecule has 10 rings (SSSR count). The quantitative estimate of drug-likeness (QED) is 0.168. The van der Waals surface area contributed by atoms with Crippen LogP contribution in [0.25, 0.3) is 67.5 Å². The predicted molar refractivity (Wildman–Crippen MR) is 221 cm³/mol. The Hall–Kier alpha value is -5.26. The summed E-state index contributed by atoms with van der Waals surface area (Å²) in [5, 5.41) is 5.28. The highest BCUT2D eigenvalue weighted by Gasteiger charge is 2.20. The number of hydrogen-bond acceptors (Lipinski definition) is 4. The molecule has 0 radical (unpaired) electrons. The molecule has 3 aromatic heterocycles. The number of allylic oxidation sites excluding steroid dienone is 4. The normalized spacial score (nSPS) is 13.3. The van der Waals surface area contributed by atoms with Crippen LogP contribution in [0, 0.1) is 0 Å². The summed E-state index contributed by atoms with van der Waals surface area (Å²) < 4.78 is 5.33. The van der Waals surface area contributed by atoms with Crippen LogP contribution in [0.4, 0.5) is 11.4 Å². The summed E-state index contributed by atoms with van der Waals surface area (Å²) in [5.41, 5.74) is 8.71. The molecule has 50 heavy (non-hydrogen) atoms. The highest BCUT2D eigenvalue weighted by molar-refractivity contribution is 7.25. The molecule has 1 aliphatic rings. The molecule has 4 heteroatoms. The minimum atomic E-state index is 0.977. The first-order valence-corrected chi connectivity index (χ1v) is 19.5. The second-order valence-electron chi connectivity index (χ2n) is 12.9. The first kappa shape index (κ1) is 29.6. The third-order valence-electron chi connectivity index (χ3n) is 9.73. The summed E-state index contributed by atoms with van der Waals surface area (Å²) >= 11 is 5.62. The number of hydrogen-bond donors (Lipinski definition) is 0. The van der Waals surface area contributed by atoms with Crippen LogP contribution in [-0.2, 0) is 0 Å². The van der Waals surface area contributed by atoms with Crippen molar-refractivity contribution in [3.63, 3.8) is 0 Å². The van der Waals surface area contributed by atoms with Gasteiger partial charge in [0.25, 0.3) is 0 Å². The van der Waals surface area contributed by atoms with E-state index in [0.29, 0.717) is 0 Å². The zero-order chi connectivity index (χ0) is 33.0. The minimum Gasteiger partial charge on any atom is -0.314 e. The Labute approximate surface area is 303 Å². The van der Waals surface area contributed by atoms with E-state index in [-0.39, 0.29) is 0 Å². The summed E-state index contributed by atoms with van der Waals surface area (Å²) in [6.07, 6.45) is 6.82. The number of benzene rings is 6. The molecule has 0 bridgehead atoms. The molecule has 0 aliphatic heterocycles. The fourth-order valence-corrected chi connectivity index (χ4v) is 10.5. The predicted octanol–water partition coefficient (Wildman–Crippen LogP) is 14.7. The van der Waals surface area contributed by atoms with E-state index >= 15 is 0 Å². The van der Waals surface area contributed by atoms with Gasteiger partial charge < -0.3 is 4.90 Å². The van der Waals surface area contributed by atoms with Gasteiger partial charge in [-0.1, -0.05) is 91.0 Å². The molecule has 1 aliphatic carbocycles. The standard InChI is InChI=1S/C46H31NS3/c1-4-16-41-34(9-1)28-45(48-41)32-11-7-13-37(25-32)47(38-14-8-12-33(26-38)46-29-35-10-2-5-17-42(35)49-46)36-22-19-30(20-23-36)31-21-24-44-40(27-31)39-15-3-6-18-43(39)50-44/h1-7,9-13,15-29H,8,14H2. The van der Waals surface area contributed by atoms with Gasteiger partial charge in [-0.3, -0.25) is 0 Å². The maximum absolute atomic E-state index is 2.48. The smallest absolute Gasteiger partial charge is 0.0464 e. The molecule has 0 unspecified atom stereocenters. The van der Waals surface area contributed by atoms with Gasteiger partial charge in [0.05, 0.1) is 0 Å². The molecule has 0 amide bonds. The highest BCUT2D eigenvalue weighted by Crippen LogP contribution is 2.42. The van der Waals surface area contributed by atoms with Crippen LogP contribution in [0.2, 0.25) is 0 Å². The fraction of sp³-hybridized carbons (Fsp3) is 0.0435. The van der Waals surface area contributed by atoms with E-state index in [4.69, 9.17) is 0 Å². The van der Waals surface area contributed by atoms with Crippen molar-refractivity contribution in [3.05, 3.63) is 174 Å². The number of fused-ring (bicyclic) bond motifs is 5. The Bertz CT molecular complexity index is 2700. The lowest BCUT2D eigenvalue weighted by Gasteiger charge is -2.30. The molecule has 238 valence electrons. The SMILES string of the molecule is C1=C(c2cc3ccccc3s2)C=C(N(c2ccc(-c3ccc4sc5ccccc5c4c3)cc2)c2cccc(-c3cc4ccccc4s3)c2)CC1. The third kappa shape index (κ3) is 5.28. The molecule has 0 fully saturated rings. The van der Waals surface area contributed by atoms with E-state index in [1.807, 2.05) is 34.0 Å². The molecule has 3 heterocycles. The van der Waals surface area contributed by atoms with Crippen LogP contribution in [0.1, 0.15) is 17.7 Å². The molecular formula is C46H31NS3. The van der Waals surface area contributed by atoms with Crippen LogP contribution < -0.4 is 4.90 Å². The molecular weight excluding hydrogens is 663 g/mol. The average molecular weight is 694 g/mol. The van der Waals surface area contributed by atoms with Gasteiger partial charge in [0.2, 0.25) is 0 Å². The van der Waals surface area contributed by atoms with Crippen molar-refractivity contribution in [1.29, 1.82) is 0 Å². The largest absolute Gasteiger partial charge is 0.314 e. The Morgan fingerprint density at radius 3 is 1.92 bits per heavy atom. The summed E-state index contributed by atoms with van der Waals surface area (Å²) in [6.45, 7) is 0. The van der Waals surface area contributed by atoms with Crippen molar-refractivity contribution in [3.8, 4) is 21.6 Å². The maximum Gasteiger partial charge on any atom is 0.0464 e. The summed E-state index contributed by atoms with van der Waals surface area (Å²) in [4.78, 5) is 5.11. The maximum atomic E-state index is 2.48. The summed E-state index contributed by atoms with van der Waals surface area (Å²) in [6, 6.07) is 56.0. The van der Waals surface area contributed by atoms with E-state index in [2.05, 4.69) is 169 Å². The van der Waals surface area contributed by atoms with Gasteiger partial charge in [0.1, 0.15) is 0 Å². The van der Waals surface area contributed by atoms with Gasteiger partial charge in [-0.25, -0.2) is 0 Å². The van der Waals surface area contributed by atoms with Crippen LogP contribution in [0.3, 0.4) is 0 Å². The second kappa shape index (κ2) is 12.3.